The lowest BCUT2D eigenvalue weighted by Gasteiger charge is -2.38. The average molecular weight is 1230 g/mol. The fourth-order valence-electron chi connectivity index (χ4n) is 9.45. The van der Waals surface area contributed by atoms with Gasteiger partial charge in [0.05, 0.1) is 36.0 Å². The van der Waals surface area contributed by atoms with Gasteiger partial charge in [0.2, 0.25) is 35.4 Å². The van der Waals surface area contributed by atoms with Gasteiger partial charge >= 0.3 is 5.97 Å². The minimum atomic E-state index is -0.870. The van der Waals surface area contributed by atoms with Gasteiger partial charge in [0, 0.05) is 89.2 Å². The molecule has 2 aromatic rings. The highest BCUT2D eigenvalue weighted by Crippen LogP contribution is 2.34. The first-order valence-electron chi connectivity index (χ1n) is 29.8. The van der Waals surface area contributed by atoms with Crippen LogP contribution in [0.5, 0.6) is 5.75 Å². The number of phenols is 1. The molecule has 1 aliphatic rings. The molecule has 1 fully saturated rings. The molecule has 0 bridgehead atoms. The zero-order chi connectivity index (χ0) is 64.3. The molecule has 2 heterocycles. The first-order chi connectivity index (χ1) is 40.0. The maximum atomic E-state index is 14.3. The summed E-state index contributed by atoms with van der Waals surface area (Å²) >= 11 is 2.54. The fourth-order valence-corrected chi connectivity index (χ4v) is 10.9. The number of esters is 1. The summed E-state index contributed by atoms with van der Waals surface area (Å²) in [6.07, 6.45) is 6.60. The first kappa shape index (κ1) is 75.3. The predicted molar refractivity (Wildman–Crippen MR) is 330 cm³/mol. The van der Waals surface area contributed by atoms with Crippen LogP contribution in [0.2, 0.25) is 0 Å². The first-order valence-corrected chi connectivity index (χ1v) is 31.9. The molecular formula is C61H100N9O13S2+. The molecule has 3 rings (SSSR count). The summed E-state index contributed by atoms with van der Waals surface area (Å²) in [4.78, 5) is 136. The molecule has 0 saturated carbocycles. The predicted octanol–water partition coefficient (Wildman–Crippen LogP) is 5.90. The van der Waals surface area contributed by atoms with Crippen molar-refractivity contribution in [2.24, 2.45) is 23.7 Å². The van der Waals surface area contributed by atoms with Crippen LogP contribution in [0.15, 0.2) is 23.6 Å². The Morgan fingerprint density at radius 3 is 2.19 bits per heavy atom. The summed E-state index contributed by atoms with van der Waals surface area (Å²) in [5.74, 6) is -3.54. The van der Waals surface area contributed by atoms with E-state index in [2.05, 4.69) is 32.0 Å². The van der Waals surface area contributed by atoms with Crippen molar-refractivity contribution < 1.29 is 68.3 Å². The van der Waals surface area contributed by atoms with E-state index in [1.807, 2.05) is 67.5 Å². The van der Waals surface area contributed by atoms with Crippen molar-refractivity contribution in [3.8, 4) is 5.75 Å². The second kappa shape index (κ2) is 37.7. The molecule has 7 amide bonds. The number of unbranched alkanes of at least 4 members (excludes halogenated alkanes) is 1. The second-order valence-corrected chi connectivity index (χ2v) is 25.1. The van der Waals surface area contributed by atoms with Crippen molar-refractivity contribution in [3.05, 3.63) is 39.8 Å². The number of imide groups is 1. The van der Waals surface area contributed by atoms with E-state index in [9.17, 15) is 53.1 Å². The van der Waals surface area contributed by atoms with Crippen LogP contribution in [-0.2, 0) is 59.0 Å². The Balaban J connectivity index is 0.000000819. The van der Waals surface area contributed by atoms with E-state index in [0.717, 1.165) is 37.1 Å². The number of aromatic nitrogens is 1. The van der Waals surface area contributed by atoms with Crippen molar-refractivity contribution in [1.29, 1.82) is 0 Å². The molecule has 85 heavy (non-hydrogen) atoms. The fraction of sp³-hybridized carbons (Fsp3) is 0.689. The Hall–Kier alpha value is -5.82. The second-order valence-electron chi connectivity index (χ2n) is 23.1. The maximum absolute atomic E-state index is 14.3. The minimum absolute atomic E-state index is 0.0225. The van der Waals surface area contributed by atoms with Gasteiger partial charge in [-0.1, -0.05) is 54.0 Å². The summed E-state index contributed by atoms with van der Waals surface area (Å²) < 4.78 is 11.2. The Bertz CT molecular complexity index is 2540. The number of nitrogens with zero attached hydrogens (tertiary/aromatic N) is 4. The summed E-state index contributed by atoms with van der Waals surface area (Å²) in [6.45, 7) is 20.1. The Kier molecular flexibility index (Phi) is 33.4. The van der Waals surface area contributed by atoms with Gasteiger partial charge in [-0.25, -0.2) is 4.98 Å². The topological polar surface area (TPSA) is 308 Å². The molecule has 8 N–H and O–H groups in total. The molecular weight excluding hydrogens is 1130 g/mol. The van der Waals surface area contributed by atoms with Crippen LogP contribution in [0.3, 0.4) is 0 Å². The number of amides is 7. The van der Waals surface area contributed by atoms with E-state index in [1.54, 1.807) is 42.6 Å². The normalized spacial score (nSPS) is 15.8. The minimum Gasteiger partial charge on any atom is -0.506 e. The van der Waals surface area contributed by atoms with Gasteiger partial charge in [-0.05, 0) is 116 Å². The Morgan fingerprint density at radius 1 is 0.941 bits per heavy atom. The quantitative estimate of drug-likeness (QED) is 0.0199. The van der Waals surface area contributed by atoms with Crippen LogP contribution < -0.4 is 27.0 Å². The number of anilines is 1. The van der Waals surface area contributed by atoms with Crippen molar-refractivity contribution in [1.82, 2.24) is 35.6 Å². The van der Waals surface area contributed by atoms with Gasteiger partial charge in [-0.2, -0.15) is 11.8 Å². The van der Waals surface area contributed by atoms with Gasteiger partial charge in [-0.3, -0.25) is 57.7 Å². The molecule has 1 aromatic carbocycles. The molecule has 1 aromatic heterocycles. The third-order valence-electron chi connectivity index (χ3n) is 15.7. The third-order valence-corrected chi connectivity index (χ3v) is 17.6. The van der Waals surface area contributed by atoms with Gasteiger partial charge in [0.15, 0.2) is 11.9 Å². The standard InChI is InChI=1S/C45H71N5O9S.C16H28N4O4S/c1-14-19-58-20-18-41(55)47-35-23-32(16-17-38(35)53)22-33(21-29(6)30(7)51)46-42(56)36-26-60-43(48-36)39(59-31(8)52)25-37(27(3)4)50(13)44(57)34(28(5)15-2)24-40(54)45(9,10)49(11)12;1-18-15(23)11(6-3-4-8-17)19-13(21)7-5-9-20-14(22)10-12(25-2)16(20)24/h16-17,23,26-29,33-34,37,39,53H,14-15,18-22,24-25H2,1-13H3,(H,46,56)(H,47,55);11-12H,3-10,17H2,1-2H3,(H,18,23)(H,19,21)/p+1/t28-,29?,33+,34-,37+,39+;11-,12?/m00/s1. The lowest BCUT2D eigenvalue weighted by Crippen LogP contribution is -2.50. The average Bonchev–Trinajstić information content (AvgIpc) is 4.02. The number of benzene rings is 1. The van der Waals surface area contributed by atoms with E-state index >= 15 is 0 Å². The van der Waals surface area contributed by atoms with Gasteiger partial charge < -0.3 is 46.5 Å². The van der Waals surface area contributed by atoms with Crippen molar-refractivity contribution in [2.75, 3.05) is 66.1 Å². The monoisotopic (exact) mass is 1230 g/mol. The number of hydrogen-bond acceptors (Lipinski definition) is 17. The molecule has 0 spiro atoms. The van der Waals surface area contributed by atoms with Crippen LogP contribution in [-0.4, -0.2) is 173 Å². The van der Waals surface area contributed by atoms with E-state index in [0.29, 0.717) is 42.9 Å². The number of carbonyl (C=O) groups excluding carboxylic acids is 10. The lowest BCUT2D eigenvalue weighted by atomic mass is 9.81. The molecule has 1 aliphatic heterocycles. The van der Waals surface area contributed by atoms with E-state index in [-0.39, 0.29) is 139 Å². The van der Waals surface area contributed by atoms with Gasteiger partial charge in [-0.15, -0.1) is 11.3 Å². The van der Waals surface area contributed by atoms with E-state index in [4.69, 9.17) is 9.47 Å². The number of quaternary nitrogens is 1. The highest BCUT2D eigenvalue weighted by atomic mass is 32.2. The maximum Gasteiger partial charge on any atom is 0.303 e. The molecule has 0 aliphatic carbocycles. The molecule has 1 saturated heterocycles. The number of rotatable bonds is 37. The van der Waals surface area contributed by atoms with Gasteiger partial charge in [0.1, 0.15) is 28.3 Å². The summed E-state index contributed by atoms with van der Waals surface area (Å²) in [5.41, 5.74) is 4.04. The SMILES string of the molecule is CCCOCCC(=O)Nc1cc(C[C@@H](CC(C)C(C)=O)NC(=O)c2csc([C@@H](C[C@H](C(C)C)N(C)C(=O)[C@@H](CC(=O)C(C)(C)N(C)C)[C@@H](C)CC)OC(C)=O)n2)ccc1O.CNC(=O)[C@H](CCCC[NH3+])NC(=O)CCCN1C(=O)CC(SC)C1=O. The number of ether oxygens (including phenoxy) is 2. The number of nitrogens with one attached hydrogen (secondary N) is 4. The molecule has 478 valence electrons. The zero-order valence-corrected chi connectivity index (χ0v) is 54.8. The molecule has 24 heteroatoms. The number of thioether (sulfide) groups is 1. The van der Waals surface area contributed by atoms with Crippen LogP contribution in [0.25, 0.3) is 0 Å². The largest absolute Gasteiger partial charge is 0.506 e. The smallest absolute Gasteiger partial charge is 0.303 e. The number of ketones is 2. The molecule has 0 radical (unpaired) electrons. The van der Waals surface area contributed by atoms with Crippen LogP contribution in [0.4, 0.5) is 5.69 Å². The number of aromatic hydroxyl groups is 1. The zero-order valence-electron chi connectivity index (χ0n) is 53.2. The van der Waals surface area contributed by atoms with E-state index in [1.165, 1.54) is 43.6 Å². The highest BCUT2D eigenvalue weighted by Gasteiger charge is 2.40. The van der Waals surface area contributed by atoms with Crippen molar-refractivity contribution >= 4 is 87.7 Å². The third kappa shape index (κ3) is 24.8. The number of likely N-dealkylation sites (tertiary alicyclic amines) is 1. The number of Topliss-reactive ketones (excluding diaryl/α,β-unsaturated/α-hetero) is 2. The molecule has 2 unspecified atom stereocenters. The van der Waals surface area contributed by atoms with E-state index < -0.39 is 47.6 Å². The number of carbonyl (C=O) groups is 10. The number of thiazole rings is 1. The number of hydrogen-bond donors (Lipinski definition) is 6. The van der Waals surface area contributed by atoms with Crippen LogP contribution in [0, 0.1) is 23.7 Å². The Morgan fingerprint density at radius 2 is 1.62 bits per heavy atom. The van der Waals surface area contributed by atoms with Crippen LogP contribution in [0.1, 0.15) is 173 Å². The van der Waals surface area contributed by atoms with Gasteiger partial charge in [0.25, 0.3) is 5.91 Å². The molecule has 8 atom stereocenters. The number of likely N-dealkylation sites (N-methyl/N-ethyl adjacent to an activating group) is 2. The Labute approximate surface area is 512 Å². The van der Waals surface area contributed by atoms with Crippen molar-refractivity contribution in [2.45, 2.75) is 188 Å². The summed E-state index contributed by atoms with van der Waals surface area (Å²) in [6, 6.07) is 3.32. The number of phenolic OH excluding ortho intramolecular Hbond substituents is 1. The summed E-state index contributed by atoms with van der Waals surface area (Å²) in [5, 5.41) is 23.2. The van der Waals surface area contributed by atoms with Crippen LogP contribution >= 0.6 is 23.1 Å². The van der Waals surface area contributed by atoms with Crippen molar-refractivity contribution in [3.63, 3.8) is 0 Å². The summed E-state index contributed by atoms with van der Waals surface area (Å²) in [7, 11) is 6.96. The lowest BCUT2D eigenvalue weighted by molar-refractivity contribution is -0.368. The molecule has 22 nitrogen and oxygen atoms in total. The highest BCUT2D eigenvalue weighted by molar-refractivity contribution is 8.00.